The summed E-state index contributed by atoms with van der Waals surface area (Å²) in [6.45, 7) is 2.11. The molecule has 1 amide bonds. The van der Waals surface area contributed by atoms with Gasteiger partial charge in [-0.1, -0.05) is 55.5 Å². The van der Waals surface area contributed by atoms with Gasteiger partial charge in [0.2, 0.25) is 5.91 Å². The molecule has 2 aromatic carbocycles. The van der Waals surface area contributed by atoms with Gasteiger partial charge in [0.15, 0.2) is 0 Å². The summed E-state index contributed by atoms with van der Waals surface area (Å²) in [6, 6.07) is 21.6. The summed E-state index contributed by atoms with van der Waals surface area (Å²) in [7, 11) is 0. The second-order valence-electron chi connectivity index (χ2n) is 6.74. The summed E-state index contributed by atoms with van der Waals surface area (Å²) >= 11 is 0. The molecule has 0 aliphatic carbocycles. The maximum atomic E-state index is 12.7. The molecular formula is C24H21N3O. The zero-order valence-electron chi connectivity index (χ0n) is 15.7. The number of aromatic nitrogens is 2. The molecule has 138 valence electrons. The smallest absolute Gasteiger partial charge is 0.249 e. The molecule has 1 atom stereocenters. The molecule has 4 aromatic rings. The van der Waals surface area contributed by atoms with Crippen molar-refractivity contribution in [1.29, 1.82) is 0 Å². The van der Waals surface area contributed by atoms with Crippen LogP contribution in [-0.2, 0) is 0 Å². The average molecular weight is 367 g/mol. The van der Waals surface area contributed by atoms with Gasteiger partial charge >= 0.3 is 0 Å². The lowest BCUT2D eigenvalue weighted by atomic mass is 9.82. The van der Waals surface area contributed by atoms with Crippen molar-refractivity contribution < 1.29 is 4.79 Å². The molecule has 2 heterocycles. The molecule has 0 aliphatic rings. The standard InChI is InChI=1S/C24H21N3O/c1-2-18(16-12-14-26-15-13-16)21-22(24(25)28)19-10-6-7-11-20(19)27-23(21)17-8-4-3-5-9-17/h3-15,18H,2H2,1H3,(H2,25,28). The third-order valence-corrected chi connectivity index (χ3v) is 5.09. The Labute approximate surface area is 164 Å². The van der Waals surface area contributed by atoms with Crippen LogP contribution < -0.4 is 5.73 Å². The molecule has 0 fully saturated rings. The monoisotopic (exact) mass is 367 g/mol. The summed E-state index contributed by atoms with van der Waals surface area (Å²) in [5.74, 6) is -0.448. The van der Waals surface area contributed by atoms with E-state index < -0.39 is 5.91 Å². The van der Waals surface area contributed by atoms with Crippen molar-refractivity contribution in [1.82, 2.24) is 9.97 Å². The summed E-state index contributed by atoms with van der Waals surface area (Å²) in [5, 5.41) is 0.789. The lowest BCUT2D eigenvalue weighted by Crippen LogP contribution is -2.18. The van der Waals surface area contributed by atoms with E-state index in [9.17, 15) is 4.79 Å². The Morgan fingerprint density at radius 2 is 1.64 bits per heavy atom. The molecule has 0 spiro atoms. The van der Waals surface area contributed by atoms with Crippen LogP contribution in [0.3, 0.4) is 0 Å². The van der Waals surface area contributed by atoms with Gasteiger partial charge in [0.1, 0.15) is 0 Å². The third kappa shape index (κ3) is 3.14. The van der Waals surface area contributed by atoms with Crippen LogP contribution in [0.4, 0.5) is 0 Å². The minimum absolute atomic E-state index is 0.0159. The second-order valence-corrected chi connectivity index (χ2v) is 6.74. The van der Waals surface area contributed by atoms with Crippen LogP contribution in [0.1, 0.15) is 40.7 Å². The molecule has 0 bridgehead atoms. The number of fused-ring (bicyclic) bond motifs is 1. The Bertz CT molecular complexity index is 1120. The van der Waals surface area contributed by atoms with Gasteiger partial charge in [0.25, 0.3) is 0 Å². The van der Waals surface area contributed by atoms with Gasteiger partial charge in [-0.05, 0) is 35.7 Å². The maximum absolute atomic E-state index is 12.7. The van der Waals surface area contributed by atoms with E-state index in [2.05, 4.69) is 11.9 Å². The highest BCUT2D eigenvalue weighted by Crippen LogP contribution is 2.39. The molecule has 2 aromatic heterocycles. The van der Waals surface area contributed by atoms with Crippen molar-refractivity contribution >= 4 is 16.8 Å². The number of pyridine rings is 2. The Kier molecular flexibility index (Phi) is 4.85. The molecular weight excluding hydrogens is 346 g/mol. The molecule has 0 saturated carbocycles. The Balaban J connectivity index is 2.12. The van der Waals surface area contributed by atoms with Gasteiger partial charge in [-0.3, -0.25) is 9.78 Å². The van der Waals surface area contributed by atoms with Crippen LogP contribution in [0.15, 0.2) is 79.1 Å². The van der Waals surface area contributed by atoms with Crippen LogP contribution >= 0.6 is 0 Å². The highest BCUT2D eigenvalue weighted by atomic mass is 16.1. The normalized spacial score (nSPS) is 12.0. The highest BCUT2D eigenvalue weighted by molar-refractivity contribution is 6.08. The van der Waals surface area contributed by atoms with E-state index in [1.165, 1.54) is 0 Å². The number of amides is 1. The van der Waals surface area contributed by atoms with E-state index in [1.807, 2.05) is 66.7 Å². The van der Waals surface area contributed by atoms with Gasteiger partial charge in [-0.25, -0.2) is 4.98 Å². The third-order valence-electron chi connectivity index (χ3n) is 5.09. The van der Waals surface area contributed by atoms with Crippen LogP contribution in [0.5, 0.6) is 0 Å². The summed E-state index contributed by atoms with van der Waals surface area (Å²) in [6.07, 6.45) is 4.36. The van der Waals surface area contributed by atoms with E-state index >= 15 is 0 Å². The minimum atomic E-state index is -0.432. The van der Waals surface area contributed by atoms with Gasteiger partial charge in [-0.15, -0.1) is 0 Å². The number of para-hydroxylation sites is 1. The number of hydrogen-bond acceptors (Lipinski definition) is 3. The predicted molar refractivity (Wildman–Crippen MR) is 112 cm³/mol. The van der Waals surface area contributed by atoms with Gasteiger partial charge < -0.3 is 5.73 Å². The number of carbonyl (C=O) groups is 1. The Morgan fingerprint density at radius 1 is 0.964 bits per heavy atom. The summed E-state index contributed by atoms with van der Waals surface area (Å²) < 4.78 is 0. The number of benzene rings is 2. The molecule has 4 rings (SSSR count). The Morgan fingerprint density at radius 3 is 2.32 bits per heavy atom. The van der Waals surface area contributed by atoms with E-state index in [0.29, 0.717) is 5.56 Å². The highest BCUT2D eigenvalue weighted by Gasteiger charge is 2.26. The molecule has 1 unspecified atom stereocenters. The average Bonchev–Trinajstić information content (AvgIpc) is 2.75. The first kappa shape index (κ1) is 17.9. The van der Waals surface area contributed by atoms with Crippen LogP contribution in [0.25, 0.3) is 22.2 Å². The zero-order valence-corrected chi connectivity index (χ0v) is 15.7. The minimum Gasteiger partial charge on any atom is -0.366 e. The molecule has 2 N–H and O–H groups in total. The van der Waals surface area contributed by atoms with Crippen LogP contribution in [-0.4, -0.2) is 15.9 Å². The topological polar surface area (TPSA) is 68.9 Å². The van der Waals surface area contributed by atoms with Gasteiger partial charge in [0, 0.05) is 29.3 Å². The van der Waals surface area contributed by atoms with E-state index in [-0.39, 0.29) is 5.92 Å². The van der Waals surface area contributed by atoms with Crippen molar-refractivity contribution in [3.05, 3.63) is 95.8 Å². The molecule has 4 heteroatoms. The van der Waals surface area contributed by atoms with E-state index in [1.54, 1.807) is 12.4 Å². The molecule has 28 heavy (non-hydrogen) atoms. The first-order chi connectivity index (χ1) is 13.7. The largest absolute Gasteiger partial charge is 0.366 e. The van der Waals surface area contributed by atoms with E-state index in [0.717, 1.165) is 39.7 Å². The molecule has 0 aliphatic heterocycles. The number of hydrogen-bond donors (Lipinski definition) is 1. The second kappa shape index (κ2) is 7.61. The number of nitrogens with two attached hydrogens (primary N) is 1. The maximum Gasteiger partial charge on any atom is 0.249 e. The fourth-order valence-electron chi connectivity index (χ4n) is 3.85. The van der Waals surface area contributed by atoms with Crippen molar-refractivity contribution in [2.24, 2.45) is 5.73 Å². The van der Waals surface area contributed by atoms with E-state index in [4.69, 9.17) is 10.7 Å². The van der Waals surface area contributed by atoms with Crippen molar-refractivity contribution in [3.63, 3.8) is 0 Å². The lowest BCUT2D eigenvalue weighted by molar-refractivity contribution is 0.100. The SMILES string of the molecule is CCC(c1ccncc1)c1c(-c2ccccc2)nc2ccccc2c1C(N)=O. The van der Waals surface area contributed by atoms with Gasteiger partial charge in [-0.2, -0.15) is 0 Å². The fraction of sp³-hybridized carbons (Fsp3) is 0.125. The lowest BCUT2D eigenvalue weighted by Gasteiger charge is -2.23. The molecule has 0 radical (unpaired) electrons. The quantitative estimate of drug-likeness (QED) is 0.543. The van der Waals surface area contributed by atoms with Crippen molar-refractivity contribution in [2.75, 3.05) is 0 Å². The fourth-order valence-corrected chi connectivity index (χ4v) is 3.85. The molecule has 0 saturated heterocycles. The first-order valence-corrected chi connectivity index (χ1v) is 9.38. The number of nitrogens with zero attached hydrogens (tertiary/aromatic N) is 2. The van der Waals surface area contributed by atoms with Crippen LogP contribution in [0.2, 0.25) is 0 Å². The van der Waals surface area contributed by atoms with Crippen molar-refractivity contribution in [2.45, 2.75) is 19.3 Å². The number of carbonyl (C=O) groups excluding carboxylic acids is 1. The zero-order chi connectivity index (χ0) is 19.5. The molecule has 4 nitrogen and oxygen atoms in total. The Hall–Kier alpha value is -3.53. The number of rotatable bonds is 5. The van der Waals surface area contributed by atoms with Gasteiger partial charge in [0.05, 0.1) is 16.8 Å². The van der Waals surface area contributed by atoms with Crippen LogP contribution in [0, 0.1) is 0 Å². The number of primary amides is 1. The summed E-state index contributed by atoms with van der Waals surface area (Å²) in [5.41, 5.74) is 11.0. The summed E-state index contributed by atoms with van der Waals surface area (Å²) in [4.78, 5) is 21.7. The van der Waals surface area contributed by atoms with Crippen molar-refractivity contribution in [3.8, 4) is 11.3 Å². The predicted octanol–water partition coefficient (Wildman–Crippen LogP) is 4.94. The first-order valence-electron chi connectivity index (χ1n) is 9.38.